The van der Waals surface area contributed by atoms with Gasteiger partial charge >= 0.3 is 5.69 Å². The molecule has 0 bridgehead atoms. The Hall–Kier alpha value is -2.71. The fourth-order valence-corrected chi connectivity index (χ4v) is 3.40. The molecule has 2 heterocycles. The SMILES string of the molecule is CCn1c(=O)c(C(=O)CNC2CCOCC2)c(N)n(Cc2ccccc2)c1=O. The van der Waals surface area contributed by atoms with Gasteiger partial charge < -0.3 is 15.8 Å². The van der Waals surface area contributed by atoms with E-state index in [-0.39, 0.29) is 37.1 Å². The van der Waals surface area contributed by atoms with Crippen LogP contribution in [-0.2, 0) is 17.8 Å². The van der Waals surface area contributed by atoms with Crippen molar-refractivity contribution in [3.63, 3.8) is 0 Å². The molecule has 1 aromatic heterocycles. The zero-order chi connectivity index (χ0) is 20.1. The van der Waals surface area contributed by atoms with Crippen LogP contribution >= 0.6 is 0 Å². The van der Waals surface area contributed by atoms with Crippen LogP contribution in [0.15, 0.2) is 39.9 Å². The number of carbonyl (C=O) groups is 1. The van der Waals surface area contributed by atoms with Gasteiger partial charge in [0.15, 0.2) is 5.78 Å². The minimum atomic E-state index is -0.631. The van der Waals surface area contributed by atoms with E-state index < -0.39 is 17.0 Å². The van der Waals surface area contributed by atoms with E-state index in [0.717, 1.165) is 23.0 Å². The molecule has 0 saturated carbocycles. The Morgan fingerprint density at radius 1 is 1.18 bits per heavy atom. The zero-order valence-electron chi connectivity index (χ0n) is 16.0. The number of anilines is 1. The number of aromatic nitrogens is 2. The molecule has 1 aliphatic heterocycles. The van der Waals surface area contributed by atoms with Crippen molar-refractivity contribution in [1.29, 1.82) is 0 Å². The second kappa shape index (κ2) is 8.99. The van der Waals surface area contributed by atoms with Crippen molar-refractivity contribution in [2.75, 3.05) is 25.5 Å². The third-order valence-corrected chi connectivity index (χ3v) is 5.02. The Morgan fingerprint density at radius 2 is 1.86 bits per heavy atom. The van der Waals surface area contributed by atoms with Gasteiger partial charge in [-0.25, -0.2) is 4.79 Å². The van der Waals surface area contributed by atoms with Gasteiger partial charge in [0.1, 0.15) is 11.4 Å². The highest BCUT2D eigenvalue weighted by molar-refractivity contribution is 6.01. The number of carbonyl (C=O) groups excluding carboxylic acids is 1. The van der Waals surface area contributed by atoms with Gasteiger partial charge in [-0.15, -0.1) is 0 Å². The Balaban J connectivity index is 1.93. The Bertz CT molecular complexity index is 943. The van der Waals surface area contributed by atoms with Crippen LogP contribution in [0.5, 0.6) is 0 Å². The number of nitrogen functional groups attached to an aromatic ring is 1. The summed E-state index contributed by atoms with van der Waals surface area (Å²) in [5.74, 6) is -0.486. The summed E-state index contributed by atoms with van der Waals surface area (Å²) in [5, 5.41) is 3.17. The molecule has 150 valence electrons. The first-order valence-electron chi connectivity index (χ1n) is 9.54. The van der Waals surface area contributed by atoms with Gasteiger partial charge in [-0.3, -0.25) is 18.7 Å². The van der Waals surface area contributed by atoms with Crippen molar-refractivity contribution in [1.82, 2.24) is 14.5 Å². The summed E-state index contributed by atoms with van der Waals surface area (Å²) in [7, 11) is 0. The van der Waals surface area contributed by atoms with Crippen molar-refractivity contribution < 1.29 is 9.53 Å². The first kappa shape index (κ1) is 20.0. The maximum Gasteiger partial charge on any atom is 0.332 e. The van der Waals surface area contributed by atoms with Crippen LogP contribution in [0.3, 0.4) is 0 Å². The van der Waals surface area contributed by atoms with Gasteiger partial charge in [-0.2, -0.15) is 0 Å². The fourth-order valence-electron chi connectivity index (χ4n) is 3.40. The minimum absolute atomic E-state index is 0.00262. The summed E-state index contributed by atoms with van der Waals surface area (Å²) in [4.78, 5) is 38.3. The number of benzene rings is 1. The Morgan fingerprint density at radius 3 is 2.50 bits per heavy atom. The van der Waals surface area contributed by atoms with E-state index in [2.05, 4.69) is 5.32 Å². The predicted octanol–water partition coefficient (Wildman–Crippen LogP) is 0.612. The normalized spacial score (nSPS) is 14.9. The van der Waals surface area contributed by atoms with Gasteiger partial charge in [-0.1, -0.05) is 30.3 Å². The lowest BCUT2D eigenvalue weighted by Crippen LogP contribution is -2.46. The van der Waals surface area contributed by atoms with Crippen LogP contribution in [-0.4, -0.2) is 40.7 Å². The number of rotatable bonds is 7. The van der Waals surface area contributed by atoms with Crippen LogP contribution in [0.1, 0.15) is 35.7 Å². The van der Waals surface area contributed by atoms with Gasteiger partial charge in [-0.05, 0) is 25.3 Å². The van der Waals surface area contributed by atoms with Crippen LogP contribution in [0.25, 0.3) is 0 Å². The number of hydrogen-bond donors (Lipinski definition) is 2. The summed E-state index contributed by atoms with van der Waals surface area (Å²) in [6.07, 6.45) is 1.63. The molecule has 0 spiro atoms. The molecule has 1 aliphatic rings. The molecule has 0 atom stereocenters. The molecule has 0 amide bonds. The summed E-state index contributed by atoms with van der Waals surface area (Å²) in [6.45, 7) is 3.36. The van der Waals surface area contributed by atoms with Crippen molar-refractivity contribution >= 4 is 11.6 Å². The largest absolute Gasteiger partial charge is 0.384 e. The van der Waals surface area contributed by atoms with Crippen molar-refractivity contribution in [2.24, 2.45) is 0 Å². The molecule has 8 heteroatoms. The lowest BCUT2D eigenvalue weighted by Gasteiger charge is -2.23. The molecule has 3 N–H and O–H groups in total. The molecule has 2 aromatic rings. The van der Waals surface area contributed by atoms with Gasteiger partial charge in [0.25, 0.3) is 5.56 Å². The van der Waals surface area contributed by atoms with E-state index in [1.165, 1.54) is 4.57 Å². The number of ether oxygens (including phenoxy) is 1. The maximum atomic E-state index is 12.8. The maximum absolute atomic E-state index is 12.8. The third kappa shape index (κ3) is 4.23. The number of nitrogens with two attached hydrogens (primary N) is 1. The highest BCUT2D eigenvalue weighted by atomic mass is 16.5. The van der Waals surface area contributed by atoms with Crippen molar-refractivity contribution in [3.8, 4) is 0 Å². The third-order valence-electron chi connectivity index (χ3n) is 5.02. The van der Waals surface area contributed by atoms with E-state index in [1.54, 1.807) is 6.92 Å². The smallest absolute Gasteiger partial charge is 0.332 e. The molecule has 8 nitrogen and oxygen atoms in total. The molecular weight excluding hydrogens is 360 g/mol. The topological polar surface area (TPSA) is 108 Å². The molecule has 0 radical (unpaired) electrons. The fraction of sp³-hybridized carbons (Fsp3) is 0.450. The lowest BCUT2D eigenvalue weighted by molar-refractivity contribution is 0.0757. The highest BCUT2D eigenvalue weighted by Gasteiger charge is 2.23. The summed E-state index contributed by atoms with van der Waals surface area (Å²) >= 11 is 0. The van der Waals surface area contributed by atoms with E-state index in [4.69, 9.17) is 10.5 Å². The van der Waals surface area contributed by atoms with E-state index in [0.29, 0.717) is 13.2 Å². The van der Waals surface area contributed by atoms with E-state index in [9.17, 15) is 14.4 Å². The van der Waals surface area contributed by atoms with Crippen LogP contribution < -0.4 is 22.3 Å². The molecule has 3 rings (SSSR count). The average Bonchev–Trinajstić information content (AvgIpc) is 2.71. The summed E-state index contributed by atoms with van der Waals surface area (Å²) < 4.78 is 7.66. The lowest BCUT2D eigenvalue weighted by atomic mass is 10.1. The molecular formula is C20H26N4O4. The number of nitrogens with one attached hydrogen (secondary N) is 1. The molecule has 1 aromatic carbocycles. The van der Waals surface area contributed by atoms with Crippen LogP contribution in [0, 0.1) is 0 Å². The molecule has 28 heavy (non-hydrogen) atoms. The minimum Gasteiger partial charge on any atom is -0.384 e. The Kier molecular flexibility index (Phi) is 6.43. The average molecular weight is 386 g/mol. The van der Waals surface area contributed by atoms with Crippen molar-refractivity contribution in [2.45, 2.75) is 38.9 Å². The highest BCUT2D eigenvalue weighted by Crippen LogP contribution is 2.11. The standard InChI is InChI=1S/C20H26N4O4/c1-2-23-19(26)17(16(25)12-22-15-8-10-28-11-9-15)18(21)24(20(23)27)13-14-6-4-3-5-7-14/h3-7,15,22H,2,8-13,21H2,1H3. The predicted molar refractivity (Wildman–Crippen MR) is 107 cm³/mol. The second-order valence-corrected chi connectivity index (χ2v) is 6.85. The monoisotopic (exact) mass is 386 g/mol. The summed E-state index contributed by atoms with van der Waals surface area (Å²) in [5.41, 5.74) is 5.73. The Labute approximate surface area is 162 Å². The van der Waals surface area contributed by atoms with Gasteiger partial charge in [0.05, 0.1) is 13.1 Å². The quantitative estimate of drug-likeness (QED) is 0.675. The molecule has 0 aliphatic carbocycles. The van der Waals surface area contributed by atoms with Crippen LogP contribution in [0.2, 0.25) is 0 Å². The first-order valence-corrected chi connectivity index (χ1v) is 9.54. The number of hydrogen-bond acceptors (Lipinski definition) is 6. The van der Waals surface area contributed by atoms with Gasteiger partial charge in [0, 0.05) is 25.8 Å². The van der Waals surface area contributed by atoms with Crippen molar-refractivity contribution in [3.05, 3.63) is 62.3 Å². The second-order valence-electron chi connectivity index (χ2n) is 6.85. The number of nitrogens with zero attached hydrogens (tertiary/aromatic N) is 2. The zero-order valence-corrected chi connectivity index (χ0v) is 16.0. The van der Waals surface area contributed by atoms with Gasteiger partial charge in [0.2, 0.25) is 0 Å². The first-order chi connectivity index (χ1) is 13.5. The van der Waals surface area contributed by atoms with E-state index in [1.807, 2.05) is 30.3 Å². The molecule has 0 unspecified atom stereocenters. The number of ketones is 1. The molecule has 1 fully saturated rings. The van der Waals surface area contributed by atoms with Crippen LogP contribution in [0.4, 0.5) is 5.82 Å². The van der Waals surface area contributed by atoms with E-state index >= 15 is 0 Å². The summed E-state index contributed by atoms with van der Waals surface area (Å²) in [6, 6.07) is 9.48. The number of Topliss-reactive ketones (excluding diaryl/α,β-unsaturated/α-hetero) is 1. The molecule has 1 saturated heterocycles.